The summed E-state index contributed by atoms with van der Waals surface area (Å²) < 4.78 is 37.4. The average Bonchev–Trinajstić information content (AvgIpc) is 3.06. The fourth-order valence-electron chi connectivity index (χ4n) is 1.66. The third-order valence-electron chi connectivity index (χ3n) is 3.15. The molecule has 2 N–H and O–H groups in total. The lowest BCUT2D eigenvalue weighted by molar-refractivity contribution is -0.137. The molecule has 1 fully saturated rings. The molecule has 2 nitrogen and oxygen atoms in total. The van der Waals surface area contributed by atoms with E-state index in [0.29, 0.717) is 12.2 Å². The van der Waals surface area contributed by atoms with Crippen LogP contribution in [0.1, 0.15) is 18.4 Å². The Morgan fingerprint density at radius 3 is 2.53 bits per heavy atom. The normalized spacial score (nSPS) is 17.9. The summed E-state index contributed by atoms with van der Waals surface area (Å²) in [5.74, 6) is 0. The lowest BCUT2D eigenvalue weighted by atomic mass is 10.1. The number of benzene rings is 1. The molecular weight excluding hydrogens is 231 g/mol. The van der Waals surface area contributed by atoms with E-state index in [0.717, 1.165) is 25.0 Å². The number of halogens is 3. The maximum atomic E-state index is 12.5. The molecule has 0 atom stereocenters. The molecule has 0 saturated heterocycles. The number of nitrogens with one attached hydrogen (secondary N) is 1. The molecule has 1 aliphatic rings. The van der Waals surface area contributed by atoms with Crippen LogP contribution in [-0.4, -0.2) is 18.3 Å². The minimum Gasteiger partial charge on any atom is -0.396 e. The van der Waals surface area contributed by atoms with Crippen LogP contribution < -0.4 is 5.32 Å². The van der Waals surface area contributed by atoms with Crippen molar-refractivity contribution in [3.8, 4) is 0 Å². The van der Waals surface area contributed by atoms with Gasteiger partial charge < -0.3 is 10.4 Å². The SMILES string of the molecule is OCC1(CNc2cccc(C(F)(F)F)c2)CC1. The lowest BCUT2D eigenvalue weighted by Crippen LogP contribution is -2.19. The summed E-state index contributed by atoms with van der Waals surface area (Å²) in [7, 11) is 0. The summed E-state index contributed by atoms with van der Waals surface area (Å²) in [5.41, 5.74) is -0.329. The Bertz CT molecular complexity index is 399. The van der Waals surface area contributed by atoms with Crippen LogP contribution in [0.2, 0.25) is 0 Å². The molecule has 1 saturated carbocycles. The smallest absolute Gasteiger partial charge is 0.396 e. The molecule has 17 heavy (non-hydrogen) atoms. The molecule has 0 heterocycles. The maximum absolute atomic E-state index is 12.5. The van der Waals surface area contributed by atoms with Crippen molar-refractivity contribution < 1.29 is 18.3 Å². The fraction of sp³-hybridized carbons (Fsp3) is 0.500. The highest BCUT2D eigenvalue weighted by Gasteiger charge is 2.41. The summed E-state index contributed by atoms with van der Waals surface area (Å²) in [6, 6.07) is 5.12. The third kappa shape index (κ3) is 2.91. The Morgan fingerprint density at radius 2 is 2.00 bits per heavy atom. The van der Waals surface area contributed by atoms with Crippen molar-refractivity contribution in [1.29, 1.82) is 0 Å². The Balaban J connectivity index is 2.02. The van der Waals surface area contributed by atoms with Gasteiger partial charge in [0.05, 0.1) is 12.2 Å². The molecule has 94 valence electrons. The Morgan fingerprint density at radius 1 is 1.29 bits per heavy atom. The zero-order chi connectivity index (χ0) is 12.5. The van der Waals surface area contributed by atoms with E-state index < -0.39 is 11.7 Å². The first kappa shape index (κ1) is 12.2. The highest BCUT2D eigenvalue weighted by molar-refractivity contribution is 5.46. The van der Waals surface area contributed by atoms with Crippen molar-refractivity contribution >= 4 is 5.69 Å². The average molecular weight is 245 g/mol. The van der Waals surface area contributed by atoms with Crippen molar-refractivity contribution in [3.63, 3.8) is 0 Å². The number of hydrogen-bond acceptors (Lipinski definition) is 2. The van der Waals surface area contributed by atoms with Gasteiger partial charge in [0.25, 0.3) is 0 Å². The molecule has 0 bridgehead atoms. The minimum absolute atomic E-state index is 0.0823. The van der Waals surface area contributed by atoms with Crippen molar-refractivity contribution in [1.82, 2.24) is 0 Å². The Hall–Kier alpha value is -1.23. The molecule has 0 radical (unpaired) electrons. The van der Waals surface area contributed by atoms with Gasteiger partial charge in [-0.05, 0) is 31.0 Å². The van der Waals surface area contributed by atoms with Crippen LogP contribution in [-0.2, 0) is 6.18 Å². The van der Waals surface area contributed by atoms with Crippen LogP contribution in [0.15, 0.2) is 24.3 Å². The molecule has 0 amide bonds. The molecule has 0 unspecified atom stereocenters. The van der Waals surface area contributed by atoms with Gasteiger partial charge in [-0.25, -0.2) is 0 Å². The van der Waals surface area contributed by atoms with Crippen LogP contribution in [0, 0.1) is 5.41 Å². The van der Waals surface area contributed by atoms with Gasteiger partial charge >= 0.3 is 6.18 Å². The Kier molecular flexibility index (Phi) is 3.03. The molecule has 5 heteroatoms. The summed E-state index contributed by atoms with van der Waals surface area (Å²) in [6.45, 7) is 0.601. The van der Waals surface area contributed by atoms with E-state index >= 15 is 0 Å². The van der Waals surface area contributed by atoms with Gasteiger partial charge in [0.1, 0.15) is 0 Å². The van der Waals surface area contributed by atoms with Gasteiger partial charge in [0.15, 0.2) is 0 Å². The molecule has 1 aromatic carbocycles. The summed E-state index contributed by atoms with van der Waals surface area (Å²) >= 11 is 0. The maximum Gasteiger partial charge on any atom is 0.416 e. The minimum atomic E-state index is -4.31. The van der Waals surface area contributed by atoms with Crippen LogP contribution >= 0.6 is 0 Å². The number of rotatable bonds is 4. The van der Waals surface area contributed by atoms with Gasteiger partial charge in [0, 0.05) is 17.6 Å². The molecular formula is C12H14F3NO. The quantitative estimate of drug-likeness (QED) is 0.854. The summed E-state index contributed by atoms with van der Waals surface area (Å²) in [4.78, 5) is 0. The van der Waals surface area contributed by atoms with Gasteiger partial charge in [0.2, 0.25) is 0 Å². The van der Waals surface area contributed by atoms with E-state index in [4.69, 9.17) is 5.11 Å². The molecule has 2 rings (SSSR count). The van der Waals surface area contributed by atoms with Gasteiger partial charge in [-0.2, -0.15) is 13.2 Å². The largest absolute Gasteiger partial charge is 0.416 e. The van der Waals surface area contributed by atoms with Crippen LogP contribution in [0.3, 0.4) is 0 Å². The van der Waals surface area contributed by atoms with Crippen molar-refractivity contribution in [3.05, 3.63) is 29.8 Å². The second-order valence-electron chi connectivity index (χ2n) is 4.59. The van der Waals surface area contributed by atoms with Crippen LogP contribution in [0.4, 0.5) is 18.9 Å². The highest BCUT2D eigenvalue weighted by atomic mass is 19.4. The van der Waals surface area contributed by atoms with Crippen molar-refractivity contribution in [2.75, 3.05) is 18.5 Å². The van der Waals surface area contributed by atoms with Gasteiger partial charge in [-0.15, -0.1) is 0 Å². The van der Waals surface area contributed by atoms with E-state index in [9.17, 15) is 13.2 Å². The van der Waals surface area contributed by atoms with E-state index in [2.05, 4.69) is 5.32 Å². The number of aliphatic hydroxyl groups excluding tert-OH is 1. The van der Waals surface area contributed by atoms with E-state index in [1.54, 1.807) is 6.07 Å². The zero-order valence-corrected chi connectivity index (χ0v) is 9.22. The van der Waals surface area contributed by atoms with Gasteiger partial charge in [-0.1, -0.05) is 6.07 Å². The fourth-order valence-corrected chi connectivity index (χ4v) is 1.66. The molecule has 1 aromatic rings. The number of hydrogen-bond donors (Lipinski definition) is 2. The predicted molar refractivity (Wildman–Crippen MR) is 58.7 cm³/mol. The molecule has 0 aromatic heterocycles. The number of aliphatic hydroxyl groups is 1. The van der Waals surface area contributed by atoms with Crippen molar-refractivity contribution in [2.24, 2.45) is 5.41 Å². The number of alkyl halides is 3. The second kappa shape index (κ2) is 4.22. The molecule has 0 spiro atoms. The first-order chi connectivity index (χ1) is 7.95. The molecule has 0 aliphatic heterocycles. The molecule has 1 aliphatic carbocycles. The predicted octanol–water partition coefficient (Wildman–Crippen LogP) is 2.89. The highest BCUT2D eigenvalue weighted by Crippen LogP contribution is 2.45. The van der Waals surface area contributed by atoms with E-state index in [1.807, 2.05) is 0 Å². The first-order valence-electron chi connectivity index (χ1n) is 5.47. The topological polar surface area (TPSA) is 32.3 Å². The number of anilines is 1. The van der Waals surface area contributed by atoms with Crippen LogP contribution in [0.25, 0.3) is 0 Å². The summed E-state index contributed by atoms with van der Waals surface area (Å²) in [6.07, 6.45) is -2.46. The first-order valence-corrected chi connectivity index (χ1v) is 5.47. The third-order valence-corrected chi connectivity index (χ3v) is 3.15. The monoisotopic (exact) mass is 245 g/mol. The van der Waals surface area contributed by atoms with E-state index in [1.165, 1.54) is 6.07 Å². The van der Waals surface area contributed by atoms with E-state index in [-0.39, 0.29) is 12.0 Å². The van der Waals surface area contributed by atoms with Crippen molar-refractivity contribution in [2.45, 2.75) is 19.0 Å². The standard InChI is InChI=1S/C12H14F3NO/c13-12(14,15)9-2-1-3-10(6-9)16-7-11(8-17)4-5-11/h1-3,6,16-17H,4-5,7-8H2. The van der Waals surface area contributed by atoms with Gasteiger partial charge in [-0.3, -0.25) is 0 Å². The summed E-state index contributed by atoms with van der Waals surface area (Å²) in [5, 5.41) is 12.0. The lowest BCUT2D eigenvalue weighted by Gasteiger charge is -2.15. The second-order valence-corrected chi connectivity index (χ2v) is 4.59. The van der Waals surface area contributed by atoms with Crippen LogP contribution in [0.5, 0.6) is 0 Å². The zero-order valence-electron chi connectivity index (χ0n) is 9.22. The Labute approximate surface area is 97.5 Å².